The topological polar surface area (TPSA) is 107 Å². The van der Waals surface area contributed by atoms with Gasteiger partial charge in [-0.05, 0) is 0 Å². The largest absolute Gasteiger partial charge is 0.382 e. The van der Waals surface area contributed by atoms with Gasteiger partial charge in [0.05, 0.1) is 6.20 Å². The van der Waals surface area contributed by atoms with Crippen LogP contribution in [0.1, 0.15) is 10.5 Å². The number of rotatable bonds is 1. The van der Waals surface area contributed by atoms with Crippen LogP contribution >= 0.6 is 0 Å². The number of carbonyl (C=O) groups excluding carboxylic acids is 1. The molecule has 1 heterocycles. The van der Waals surface area contributed by atoms with Crippen molar-refractivity contribution < 1.29 is 4.79 Å². The molecule has 1 rings (SSSR count). The van der Waals surface area contributed by atoms with E-state index in [0.717, 1.165) is 0 Å². The van der Waals surface area contributed by atoms with E-state index >= 15 is 0 Å². The van der Waals surface area contributed by atoms with E-state index in [2.05, 4.69) is 15.3 Å². The second-order valence-corrected chi connectivity index (χ2v) is 2.11. The molecule has 6 heteroatoms. The van der Waals surface area contributed by atoms with Gasteiger partial charge in [-0.1, -0.05) is 0 Å². The lowest BCUT2D eigenvalue weighted by Crippen LogP contribution is -2.21. The van der Waals surface area contributed by atoms with Crippen molar-refractivity contribution in [1.82, 2.24) is 15.3 Å². The number of hydrogen-bond acceptors (Lipinski definition) is 5. The molecule has 0 fully saturated rings. The van der Waals surface area contributed by atoms with Crippen molar-refractivity contribution in [1.29, 1.82) is 0 Å². The monoisotopic (exact) mass is 167 g/mol. The maximum atomic E-state index is 11.0. The zero-order valence-corrected chi connectivity index (χ0v) is 6.53. The normalized spacial score (nSPS) is 9.42. The quantitative estimate of drug-likeness (QED) is 0.497. The van der Waals surface area contributed by atoms with Gasteiger partial charge < -0.3 is 16.8 Å². The van der Waals surface area contributed by atoms with Gasteiger partial charge >= 0.3 is 0 Å². The van der Waals surface area contributed by atoms with Gasteiger partial charge in [0.2, 0.25) is 0 Å². The molecule has 6 nitrogen and oxygen atoms in total. The summed E-state index contributed by atoms with van der Waals surface area (Å²) in [5.41, 5.74) is 10.7. The second kappa shape index (κ2) is 3.04. The number of hydrogen-bond donors (Lipinski definition) is 3. The van der Waals surface area contributed by atoms with Crippen LogP contribution < -0.4 is 16.8 Å². The summed E-state index contributed by atoms with van der Waals surface area (Å²) in [7, 11) is 1.48. The molecule has 1 aromatic heterocycles. The number of carbonyl (C=O) groups is 1. The summed E-state index contributed by atoms with van der Waals surface area (Å²) in [5, 5.41) is 2.37. The number of amides is 1. The maximum absolute atomic E-state index is 11.0. The Bertz CT molecular complexity index is 311. The Morgan fingerprint density at radius 1 is 1.58 bits per heavy atom. The molecule has 0 spiro atoms. The zero-order chi connectivity index (χ0) is 9.14. The fourth-order valence-corrected chi connectivity index (χ4v) is 0.698. The summed E-state index contributed by atoms with van der Waals surface area (Å²) in [4.78, 5) is 18.4. The standard InChI is InChI=1S/C6H9N5O/c1-9-6(12)4-5(8)10-2-3(7)11-4/h2H,1H3,(H2,7,11)(H2,8,10)(H,9,12). The van der Waals surface area contributed by atoms with Crippen molar-refractivity contribution in [3.05, 3.63) is 11.9 Å². The lowest BCUT2D eigenvalue weighted by atomic mass is 10.4. The molecule has 0 aromatic carbocycles. The van der Waals surface area contributed by atoms with Crippen LogP contribution in [0, 0.1) is 0 Å². The van der Waals surface area contributed by atoms with Crippen LogP contribution in [0.15, 0.2) is 6.20 Å². The fraction of sp³-hybridized carbons (Fsp3) is 0.167. The number of anilines is 2. The van der Waals surface area contributed by atoms with Gasteiger partial charge in [0, 0.05) is 7.05 Å². The molecule has 64 valence electrons. The molecule has 1 aromatic rings. The van der Waals surface area contributed by atoms with Crippen molar-refractivity contribution >= 4 is 17.5 Å². The molecular weight excluding hydrogens is 158 g/mol. The predicted octanol–water partition coefficient (Wildman–Crippen LogP) is -0.999. The highest BCUT2D eigenvalue weighted by atomic mass is 16.1. The third kappa shape index (κ3) is 1.42. The molecule has 0 aliphatic carbocycles. The average molecular weight is 167 g/mol. The highest BCUT2D eigenvalue weighted by Crippen LogP contribution is 2.05. The van der Waals surface area contributed by atoms with E-state index in [1.54, 1.807) is 0 Å². The first-order valence-corrected chi connectivity index (χ1v) is 3.25. The number of nitrogens with two attached hydrogens (primary N) is 2. The van der Waals surface area contributed by atoms with E-state index in [1.807, 2.05) is 0 Å². The van der Waals surface area contributed by atoms with Gasteiger partial charge in [0.15, 0.2) is 11.5 Å². The van der Waals surface area contributed by atoms with Crippen LogP contribution in [0.3, 0.4) is 0 Å². The van der Waals surface area contributed by atoms with E-state index in [9.17, 15) is 4.79 Å². The van der Waals surface area contributed by atoms with Crippen molar-refractivity contribution in [2.24, 2.45) is 0 Å². The first-order valence-electron chi connectivity index (χ1n) is 3.25. The smallest absolute Gasteiger partial charge is 0.273 e. The molecule has 12 heavy (non-hydrogen) atoms. The second-order valence-electron chi connectivity index (χ2n) is 2.11. The first-order chi connectivity index (χ1) is 5.65. The molecule has 0 bridgehead atoms. The Hall–Kier alpha value is -1.85. The molecule has 0 radical (unpaired) electrons. The number of nitrogen functional groups attached to an aromatic ring is 2. The Kier molecular flexibility index (Phi) is 2.09. The molecule has 0 atom stereocenters. The van der Waals surface area contributed by atoms with Crippen molar-refractivity contribution in [2.75, 3.05) is 18.5 Å². The SMILES string of the molecule is CNC(=O)c1nc(N)cnc1N. The van der Waals surface area contributed by atoms with Crippen molar-refractivity contribution in [2.45, 2.75) is 0 Å². The summed E-state index contributed by atoms with van der Waals surface area (Å²) in [6.45, 7) is 0. The van der Waals surface area contributed by atoms with Gasteiger partial charge in [-0.3, -0.25) is 4.79 Å². The molecule has 0 aliphatic heterocycles. The van der Waals surface area contributed by atoms with Gasteiger partial charge in [0.25, 0.3) is 5.91 Å². The van der Waals surface area contributed by atoms with Gasteiger partial charge in [-0.2, -0.15) is 0 Å². The van der Waals surface area contributed by atoms with E-state index in [0.29, 0.717) is 0 Å². The minimum absolute atomic E-state index is 0.0532. The van der Waals surface area contributed by atoms with Crippen LogP contribution in [-0.4, -0.2) is 22.9 Å². The summed E-state index contributed by atoms with van der Waals surface area (Å²) >= 11 is 0. The summed E-state index contributed by atoms with van der Waals surface area (Å²) in [5.74, 6) is -0.154. The number of aromatic nitrogens is 2. The highest BCUT2D eigenvalue weighted by Gasteiger charge is 2.10. The highest BCUT2D eigenvalue weighted by molar-refractivity contribution is 5.96. The van der Waals surface area contributed by atoms with E-state index < -0.39 is 5.91 Å². The zero-order valence-electron chi connectivity index (χ0n) is 6.53. The lowest BCUT2D eigenvalue weighted by molar-refractivity contribution is 0.0959. The van der Waals surface area contributed by atoms with Crippen LogP contribution in [0.2, 0.25) is 0 Å². The average Bonchev–Trinajstić information content (AvgIpc) is 2.08. The van der Waals surface area contributed by atoms with Crippen molar-refractivity contribution in [3.8, 4) is 0 Å². The molecule has 0 unspecified atom stereocenters. The molecule has 0 aliphatic rings. The minimum atomic E-state index is -0.396. The molecule has 0 saturated heterocycles. The fourth-order valence-electron chi connectivity index (χ4n) is 0.698. The van der Waals surface area contributed by atoms with Crippen LogP contribution in [0.4, 0.5) is 11.6 Å². The Balaban J connectivity index is 3.13. The molecule has 5 N–H and O–H groups in total. The number of nitrogens with one attached hydrogen (secondary N) is 1. The maximum Gasteiger partial charge on any atom is 0.273 e. The van der Waals surface area contributed by atoms with Gasteiger partial charge in [-0.15, -0.1) is 0 Å². The molecule has 0 saturated carbocycles. The van der Waals surface area contributed by atoms with Crippen molar-refractivity contribution in [3.63, 3.8) is 0 Å². The Morgan fingerprint density at radius 2 is 2.25 bits per heavy atom. The van der Waals surface area contributed by atoms with Gasteiger partial charge in [-0.25, -0.2) is 9.97 Å². The molecular formula is C6H9N5O. The molecule has 1 amide bonds. The third-order valence-corrected chi connectivity index (χ3v) is 1.26. The van der Waals surface area contributed by atoms with E-state index in [1.165, 1.54) is 13.2 Å². The Labute approximate surface area is 69.0 Å². The van der Waals surface area contributed by atoms with E-state index in [-0.39, 0.29) is 17.3 Å². The minimum Gasteiger partial charge on any atom is -0.382 e. The van der Waals surface area contributed by atoms with Crippen LogP contribution in [0.25, 0.3) is 0 Å². The van der Waals surface area contributed by atoms with Crippen LogP contribution in [-0.2, 0) is 0 Å². The van der Waals surface area contributed by atoms with Gasteiger partial charge in [0.1, 0.15) is 5.82 Å². The predicted molar refractivity (Wildman–Crippen MR) is 44.2 cm³/mol. The first kappa shape index (κ1) is 8.25. The summed E-state index contributed by atoms with van der Waals surface area (Å²) < 4.78 is 0. The third-order valence-electron chi connectivity index (χ3n) is 1.26. The van der Waals surface area contributed by atoms with E-state index in [4.69, 9.17) is 11.5 Å². The van der Waals surface area contributed by atoms with Crippen LogP contribution in [0.5, 0.6) is 0 Å². The number of nitrogens with zero attached hydrogens (tertiary/aromatic N) is 2. The lowest BCUT2D eigenvalue weighted by Gasteiger charge is -2.01. The Morgan fingerprint density at radius 3 is 2.83 bits per heavy atom. The summed E-state index contributed by atoms with van der Waals surface area (Å²) in [6.07, 6.45) is 1.29. The summed E-state index contributed by atoms with van der Waals surface area (Å²) in [6, 6.07) is 0.